The Bertz CT molecular complexity index is 958. The van der Waals surface area contributed by atoms with Gasteiger partial charge in [-0.25, -0.2) is 14.6 Å². The highest BCUT2D eigenvalue weighted by atomic mass is 32.1. The summed E-state index contributed by atoms with van der Waals surface area (Å²) in [7, 11) is 0. The molecule has 0 radical (unpaired) electrons. The minimum Gasteiger partial charge on any atom is -0.476 e. The predicted molar refractivity (Wildman–Crippen MR) is 106 cm³/mol. The molecule has 0 saturated heterocycles. The molecule has 0 aliphatic carbocycles. The van der Waals surface area contributed by atoms with Gasteiger partial charge in [-0.05, 0) is 32.4 Å². The van der Waals surface area contributed by atoms with E-state index < -0.39 is 29.6 Å². The van der Waals surface area contributed by atoms with Crippen molar-refractivity contribution in [2.24, 2.45) is 0 Å². The van der Waals surface area contributed by atoms with Gasteiger partial charge in [-0.3, -0.25) is 4.79 Å². The number of nitrogens with one attached hydrogen (secondary N) is 2. The number of carboxylic acids is 1. The van der Waals surface area contributed by atoms with E-state index in [0.717, 1.165) is 11.3 Å². The van der Waals surface area contributed by atoms with Gasteiger partial charge in [0.05, 0.1) is 11.6 Å². The molecule has 0 unspecified atom stereocenters. The third-order valence-corrected chi connectivity index (χ3v) is 4.28. The van der Waals surface area contributed by atoms with Gasteiger partial charge in [0, 0.05) is 11.8 Å². The van der Waals surface area contributed by atoms with Gasteiger partial charge in [0.1, 0.15) is 11.6 Å². The molecular formula is C19H20N4O5S. The number of anilines is 1. The molecular weight excluding hydrogens is 396 g/mol. The molecule has 0 fully saturated rings. The normalized spacial score (nSPS) is 11.8. The number of carboxylic acid groups (broad SMARTS) is 1. The highest BCUT2D eigenvalue weighted by Gasteiger charge is 2.26. The average molecular weight is 416 g/mol. The minimum absolute atomic E-state index is 0.0337. The lowest BCUT2D eigenvalue weighted by Crippen LogP contribution is -2.47. The molecule has 1 aromatic heterocycles. The lowest BCUT2D eigenvalue weighted by atomic mass is 10.0. The second kappa shape index (κ2) is 9.16. The number of ether oxygens (including phenoxy) is 1. The first-order chi connectivity index (χ1) is 13.6. The predicted octanol–water partition coefficient (Wildman–Crippen LogP) is 2.79. The maximum absolute atomic E-state index is 12.8. The summed E-state index contributed by atoms with van der Waals surface area (Å²) < 4.78 is 5.21. The number of amides is 2. The van der Waals surface area contributed by atoms with Crippen molar-refractivity contribution in [2.75, 3.05) is 5.32 Å². The topological polar surface area (TPSA) is 141 Å². The second-order valence-electron chi connectivity index (χ2n) is 7.00. The van der Waals surface area contributed by atoms with E-state index in [1.807, 2.05) is 6.07 Å². The van der Waals surface area contributed by atoms with Crippen molar-refractivity contribution in [3.8, 4) is 6.07 Å². The van der Waals surface area contributed by atoms with Crippen LogP contribution in [-0.2, 0) is 16.0 Å². The molecule has 1 aromatic carbocycles. The number of carbonyl (C=O) groups is 3. The number of carbonyl (C=O) groups excluding carboxylic acids is 2. The Morgan fingerprint density at radius 3 is 2.59 bits per heavy atom. The van der Waals surface area contributed by atoms with Crippen LogP contribution in [-0.4, -0.2) is 39.7 Å². The van der Waals surface area contributed by atoms with Crippen molar-refractivity contribution in [3.63, 3.8) is 0 Å². The number of hydrogen-bond acceptors (Lipinski definition) is 7. The van der Waals surface area contributed by atoms with E-state index in [-0.39, 0.29) is 17.2 Å². The Balaban J connectivity index is 2.22. The molecule has 0 saturated carbocycles. The lowest BCUT2D eigenvalue weighted by Gasteiger charge is -2.23. The fourth-order valence-corrected chi connectivity index (χ4v) is 3.00. The summed E-state index contributed by atoms with van der Waals surface area (Å²) >= 11 is 0.946. The first-order valence-electron chi connectivity index (χ1n) is 8.56. The Hall–Kier alpha value is -3.45. The van der Waals surface area contributed by atoms with Crippen LogP contribution in [0.4, 0.5) is 9.93 Å². The summed E-state index contributed by atoms with van der Waals surface area (Å²) in [5.74, 6) is -1.83. The maximum atomic E-state index is 12.8. The van der Waals surface area contributed by atoms with Gasteiger partial charge in [-0.2, -0.15) is 5.26 Å². The van der Waals surface area contributed by atoms with E-state index in [4.69, 9.17) is 9.84 Å². The van der Waals surface area contributed by atoms with E-state index in [9.17, 15) is 19.6 Å². The minimum atomic E-state index is -1.21. The van der Waals surface area contributed by atoms with Gasteiger partial charge in [0.25, 0.3) is 0 Å². The summed E-state index contributed by atoms with van der Waals surface area (Å²) in [6.45, 7) is 5.07. The highest BCUT2D eigenvalue weighted by molar-refractivity contribution is 7.14. The van der Waals surface area contributed by atoms with Gasteiger partial charge in [0.15, 0.2) is 10.8 Å². The van der Waals surface area contributed by atoms with Crippen molar-refractivity contribution in [1.29, 1.82) is 5.26 Å². The average Bonchev–Trinajstić information content (AvgIpc) is 3.08. The molecule has 3 N–H and O–H groups in total. The van der Waals surface area contributed by atoms with Gasteiger partial charge >= 0.3 is 12.1 Å². The second-order valence-corrected chi connectivity index (χ2v) is 7.86. The SMILES string of the molecule is CC(C)(C)OC(=O)N[C@@H](Cc1ccccc1C#N)C(=O)Nc1nc(C(=O)O)cs1. The molecule has 0 aliphatic heterocycles. The maximum Gasteiger partial charge on any atom is 0.408 e. The van der Waals surface area contributed by atoms with Crippen LogP contribution in [0, 0.1) is 11.3 Å². The molecule has 10 heteroatoms. The summed E-state index contributed by atoms with van der Waals surface area (Å²) in [6, 6.07) is 7.68. The Labute approximate surface area is 171 Å². The van der Waals surface area contributed by atoms with Crippen molar-refractivity contribution >= 4 is 34.4 Å². The molecule has 0 bridgehead atoms. The van der Waals surface area contributed by atoms with E-state index in [2.05, 4.69) is 15.6 Å². The number of benzene rings is 1. The van der Waals surface area contributed by atoms with Crippen LogP contribution in [0.15, 0.2) is 29.6 Å². The van der Waals surface area contributed by atoms with Crippen LogP contribution in [0.1, 0.15) is 42.4 Å². The number of thiazole rings is 1. The summed E-state index contributed by atoms with van der Waals surface area (Å²) in [4.78, 5) is 39.7. The zero-order valence-electron chi connectivity index (χ0n) is 16.1. The molecule has 0 spiro atoms. The molecule has 2 aromatic rings. The first kappa shape index (κ1) is 21.8. The van der Waals surface area contributed by atoms with Gasteiger partial charge < -0.3 is 20.5 Å². The third-order valence-electron chi connectivity index (χ3n) is 3.52. The molecule has 152 valence electrons. The number of aromatic carboxylic acids is 1. The number of nitriles is 1. The molecule has 1 heterocycles. The number of aromatic nitrogens is 1. The van der Waals surface area contributed by atoms with Crippen LogP contribution in [0.25, 0.3) is 0 Å². The zero-order chi connectivity index (χ0) is 21.6. The van der Waals surface area contributed by atoms with Crippen LogP contribution in [0.5, 0.6) is 0 Å². The number of hydrogen-bond donors (Lipinski definition) is 3. The fraction of sp³-hybridized carbons (Fsp3) is 0.316. The molecule has 9 nitrogen and oxygen atoms in total. The Kier molecular flexibility index (Phi) is 6.90. The van der Waals surface area contributed by atoms with Crippen LogP contribution in [0.2, 0.25) is 0 Å². The smallest absolute Gasteiger partial charge is 0.408 e. The summed E-state index contributed by atoms with van der Waals surface area (Å²) in [5, 5.41) is 24.6. The molecule has 0 aliphatic rings. The van der Waals surface area contributed by atoms with Crippen molar-refractivity contribution in [1.82, 2.24) is 10.3 Å². The Morgan fingerprint density at radius 2 is 2.00 bits per heavy atom. The van der Waals surface area contributed by atoms with Crippen LogP contribution < -0.4 is 10.6 Å². The summed E-state index contributed by atoms with van der Waals surface area (Å²) in [6.07, 6.45) is -0.760. The van der Waals surface area contributed by atoms with Gasteiger partial charge in [-0.15, -0.1) is 11.3 Å². The zero-order valence-corrected chi connectivity index (χ0v) is 16.9. The van der Waals surface area contributed by atoms with Crippen molar-refractivity contribution in [3.05, 3.63) is 46.5 Å². The van der Waals surface area contributed by atoms with Crippen molar-refractivity contribution in [2.45, 2.75) is 38.8 Å². The van der Waals surface area contributed by atoms with Gasteiger partial charge in [0.2, 0.25) is 5.91 Å². The highest BCUT2D eigenvalue weighted by Crippen LogP contribution is 2.17. The fourth-order valence-electron chi connectivity index (χ4n) is 2.31. The number of rotatable bonds is 6. The summed E-state index contributed by atoms with van der Waals surface area (Å²) in [5.41, 5.74) is -0.0199. The van der Waals surface area contributed by atoms with E-state index >= 15 is 0 Å². The number of alkyl carbamates (subject to hydrolysis) is 1. The van der Waals surface area contributed by atoms with Crippen LogP contribution >= 0.6 is 11.3 Å². The first-order valence-corrected chi connectivity index (χ1v) is 9.44. The van der Waals surface area contributed by atoms with E-state index in [1.54, 1.807) is 45.0 Å². The van der Waals surface area contributed by atoms with Gasteiger partial charge in [-0.1, -0.05) is 18.2 Å². The molecule has 1 atom stereocenters. The lowest BCUT2D eigenvalue weighted by molar-refractivity contribution is -0.118. The van der Waals surface area contributed by atoms with E-state index in [1.165, 1.54) is 5.38 Å². The third kappa shape index (κ3) is 6.58. The standard InChI is InChI=1S/C19H20N4O5S/c1-19(2,3)28-18(27)22-13(8-11-6-4-5-7-12(11)9-20)15(24)23-17-21-14(10-29-17)16(25)26/h4-7,10,13H,8H2,1-3H3,(H,22,27)(H,25,26)(H,21,23,24)/t13-/m0/s1. The molecule has 29 heavy (non-hydrogen) atoms. The Morgan fingerprint density at radius 1 is 1.31 bits per heavy atom. The van der Waals surface area contributed by atoms with Crippen molar-refractivity contribution < 1.29 is 24.2 Å². The van der Waals surface area contributed by atoms with E-state index in [0.29, 0.717) is 11.1 Å². The quantitative estimate of drug-likeness (QED) is 0.657. The molecule has 2 rings (SSSR count). The number of nitrogens with zero attached hydrogens (tertiary/aromatic N) is 2. The largest absolute Gasteiger partial charge is 0.476 e. The monoisotopic (exact) mass is 416 g/mol. The van der Waals surface area contributed by atoms with Crippen LogP contribution in [0.3, 0.4) is 0 Å². The molecule has 2 amide bonds.